The van der Waals surface area contributed by atoms with Gasteiger partial charge in [0.25, 0.3) is 0 Å². The number of ether oxygens (including phenoxy) is 1. The van der Waals surface area contributed by atoms with Crippen LogP contribution < -0.4 is 5.32 Å². The minimum Gasteiger partial charge on any atom is -0.462 e. The van der Waals surface area contributed by atoms with E-state index >= 15 is 0 Å². The first-order chi connectivity index (χ1) is 8.81. The van der Waals surface area contributed by atoms with Crippen molar-refractivity contribution in [1.82, 2.24) is 0 Å². The van der Waals surface area contributed by atoms with Gasteiger partial charge in [-0.1, -0.05) is 24.3 Å². The lowest BCUT2D eigenvalue weighted by atomic mass is 9.83. The molecular formula is C15H17NO2. The third kappa shape index (κ3) is 1.70. The molecule has 2 unspecified atom stereocenters. The second kappa shape index (κ2) is 4.48. The summed E-state index contributed by atoms with van der Waals surface area (Å²) in [6.45, 7) is 3.17. The van der Waals surface area contributed by atoms with Crippen LogP contribution in [0.5, 0.6) is 0 Å². The van der Waals surface area contributed by atoms with Gasteiger partial charge in [-0.05, 0) is 30.9 Å². The first-order valence-electron chi connectivity index (χ1n) is 6.52. The van der Waals surface area contributed by atoms with Crippen molar-refractivity contribution < 1.29 is 9.53 Å². The quantitative estimate of drug-likeness (QED) is 0.641. The van der Waals surface area contributed by atoms with Crippen molar-refractivity contribution in [3.05, 3.63) is 41.5 Å². The molecular weight excluding hydrogens is 226 g/mol. The Labute approximate surface area is 107 Å². The van der Waals surface area contributed by atoms with Gasteiger partial charge in [-0.2, -0.15) is 0 Å². The Kier molecular flexibility index (Phi) is 2.82. The molecule has 18 heavy (non-hydrogen) atoms. The summed E-state index contributed by atoms with van der Waals surface area (Å²) in [4.78, 5) is 11.9. The van der Waals surface area contributed by atoms with Gasteiger partial charge < -0.3 is 10.1 Å². The molecule has 1 heterocycles. The zero-order valence-electron chi connectivity index (χ0n) is 10.5. The molecule has 2 aliphatic rings. The summed E-state index contributed by atoms with van der Waals surface area (Å²) in [5.41, 5.74) is 2.85. The molecule has 0 amide bonds. The Bertz CT molecular complexity index is 507. The molecule has 1 aliphatic carbocycles. The SMILES string of the molecule is CCOC(=O)c1cccc2c1NCC1CC=CC21. The van der Waals surface area contributed by atoms with E-state index in [0.717, 1.165) is 18.7 Å². The van der Waals surface area contributed by atoms with Gasteiger partial charge in [-0.3, -0.25) is 0 Å². The number of nitrogens with one attached hydrogen (secondary N) is 1. The maximum Gasteiger partial charge on any atom is 0.340 e. The number of carbonyl (C=O) groups is 1. The smallest absolute Gasteiger partial charge is 0.340 e. The Hall–Kier alpha value is -1.77. The van der Waals surface area contributed by atoms with Crippen LogP contribution in [0.25, 0.3) is 0 Å². The Balaban J connectivity index is 2.02. The summed E-state index contributed by atoms with van der Waals surface area (Å²) in [6.07, 6.45) is 5.63. The number of benzene rings is 1. The molecule has 1 aromatic carbocycles. The van der Waals surface area contributed by atoms with Gasteiger partial charge in [-0.25, -0.2) is 4.79 Å². The van der Waals surface area contributed by atoms with E-state index in [1.165, 1.54) is 5.56 Å². The highest BCUT2D eigenvalue weighted by Crippen LogP contribution is 2.42. The van der Waals surface area contributed by atoms with E-state index in [0.29, 0.717) is 24.0 Å². The van der Waals surface area contributed by atoms with Crippen molar-refractivity contribution in [3.8, 4) is 0 Å². The van der Waals surface area contributed by atoms with Crippen LogP contribution in [-0.2, 0) is 4.74 Å². The lowest BCUT2D eigenvalue weighted by molar-refractivity contribution is 0.0527. The largest absolute Gasteiger partial charge is 0.462 e. The third-order valence-electron chi connectivity index (χ3n) is 3.78. The average molecular weight is 243 g/mol. The lowest BCUT2D eigenvalue weighted by Gasteiger charge is -2.30. The summed E-state index contributed by atoms with van der Waals surface area (Å²) in [7, 11) is 0. The average Bonchev–Trinajstić information content (AvgIpc) is 2.86. The van der Waals surface area contributed by atoms with E-state index in [2.05, 4.69) is 23.5 Å². The van der Waals surface area contributed by atoms with Crippen molar-refractivity contribution in [2.45, 2.75) is 19.3 Å². The first kappa shape index (κ1) is 11.3. The van der Waals surface area contributed by atoms with Crippen LogP contribution in [0.15, 0.2) is 30.4 Å². The van der Waals surface area contributed by atoms with Crippen LogP contribution in [-0.4, -0.2) is 19.1 Å². The molecule has 0 bridgehead atoms. The number of hydrogen-bond donors (Lipinski definition) is 1. The minimum absolute atomic E-state index is 0.234. The fourth-order valence-electron chi connectivity index (χ4n) is 2.93. The monoisotopic (exact) mass is 243 g/mol. The molecule has 3 heteroatoms. The number of esters is 1. The van der Waals surface area contributed by atoms with Crippen molar-refractivity contribution in [2.24, 2.45) is 5.92 Å². The normalized spacial score (nSPS) is 24.1. The topological polar surface area (TPSA) is 38.3 Å². The molecule has 0 aromatic heterocycles. The molecule has 0 spiro atoms. The van der Waals surface area contributed by atoms with Crippen molar-refractivity contribution in [3.63, 3.8) is 0 Å². The molecule has 1 aromatic rings. The summed E-state index contributed by atoms with van der Waals surface area (Å²) in [6, 6.07) is 5.89. The summed E-state index contributed by atoms with van der Waals surface area (Å²) < 4.78 is 5.11. The Morgan fingerprint density at radius 2 is 2.39 bits per heavy atom. The van der Waals surface area contributed by atoms with Crippen LogP contribution in [0.3, 0.4) is 0 Å². The van der Waals surface area contributed by atoms with Gasteiger partial charge in [0.05, 0.1) is 17.9 Å². The zero-order valence-corrected chi connectivity index (χ0v) is 10.5. The number of carbonyl (C=O) groups excluding carboxylic acids is 1. The van der Waals surface area contributed by atoms with E-state index in [1.807, 2.05) is 19.1 Å². The lowest BCUT2D eigenvalue weighted by Crippen LogP contribution is -2.26. The molecule has 1 aliphatic heterocycles. The van der Waals surface area contributed by atoms with Crippen LogP contribution in [0.4, 0.5) is 5.69 Å². The van der Waals surface area contributed by atoms with Crippen LogP contribution in [0.1, 0.15) is 35.2 Å². The second-order valence-corrected chi connectivity index (χ2v) is 4.82. The third-order valence-corrected chi connectivity index (χ3v) is 3.78. The summed E-state index contributed by atoms with van der Waals surface area (Å²) in [5.74, 6) is 0.854. The molecule has 0 radical (unpaired) electrons. The highest BCUT2D eigenvalue weighted by Gasteiger charge is 2.32. The minimum atomic E-state index is -0.234. The zero-order chi connectivity index (χ0) is 12.5. The standard InChI is InChI=1S/C15H17NO2/c1-2-18-15(17)13-8-4-7-12-11-6-3-5-10(11)9-16-14(12)13/h3-4,6-8,10-11,16H,2,5,9H2,1H3. The van der Waals surface area contributed by atoms with E-state index in [1.54, 1.807) is 0 Å². The number of rotatable bonds is 2. The summed E-state index contributed by atoms with van der Waals surface area (Å²) >= 11 is 0. The maximum atomic E-state index is 11.9. The second-order valence-electron chi connectivity index (χ2n) is 4.82. The Morgan fingerprint density at radius 1 is 1.50 bits per heavy atom. The van der Waals surface area contributed by atoms with Gasteiger partial charge in [0.15, 0.2) is 0 Å². The summed E-state index contributed by atoms with van der Waals surface area (Å²) in [5, 5.41) is 3.40. The van der Waals surface area contributed by atoms with Gasteiger partial charge in [0, 0.05) is 12.5 Å². The molecule has 3 rings (SSSR count). The van der Waals surface area contributed by atoms with Crippen molar-refractivity contribution >= 4 is 11.7 Å². The van der Waals surface area contributed by atoms with Crippen LogP contribution in [0, 0.1) is 5.92 Å². The number of fused-ring (bicyclic) bond motifs is 3. The Morgan fingerprint density at radius 3 is 3.22 bits per heavy atom. The maximum absolute atomic E-state index is 11.9. The number of allylic oxidation sites excluding steroid dienone is 2. The van der Waals surface area contributed by atoms with Crippen molar-refractivity contribution in [1.29, 1.82) is 0 Å². The molecule has 0 saturated carbocycles. The molecule has 94 valence electrons. The number of para-hydroxylation sites is 1. The molecule has 1 N–H and O–H groups in total. The number of hydrogen-bond acceptors (Lipinski definition) is 3. The van der Waals surface area contributed by atoms with E-state index in [9.17, 15) is 4.79 Å². The van der Waals surface area contributed by atoms with Gasteiger partial charge >= 0.3 is 5.97 Å². The van der Waals surface area contributed by atoms with Crippen LogP contribution >= 0.6 is 0 Å². The highest BCUT2D eigenvalue weighted by atomic mass is 16.5. The number of anilines is 1. The fourth-order valence-corrected chi connectivity index (χ4v) is 2.93. The van der Waals surface area contributed by atoms with Crippen LogP contribution in [0.2, 0.25) is 0 Å². The van der Waals surface area contributed by atoms with Gasteiger partial charge in [0.1, 0.15) is 0 Å². The van der Waals surface area contributed by atoms with Crippen molar-refractivity contribution in [2.75, 3.05) is 18.5 Å². The van der Waals surface area contributed by atoms with E-state index in [-0.39, 0.29) is 5.97 Å². The van der Waals surface area contributed by atoms with E-state index in [4.69, 9.17) is 4.74 Å². The molecule has 2 atom stereocenters. The highest BCUT2D eigenvalue weighted by molar-refractivity contribution is 5.97. The molecule has 3 nitrogen and oxygen atoms in total. The predicted molar refractivity (Wildman–Crippen MR) is 70.9 cm³/mol. The fraction of sp³-hybridized carbons (Fsp3) is 0.400. The van der Waals surface area contributed by atoms with Gasteiger partial charge in [0.2, 0.25) is 0 Å². The first-order valence-corrected chi connectivity index (χ1v) is 6.52. The molecule has 0 saturated heterocycles. The predicted octanol–water partition coefficient (Wildman–Crippen LogP) is 2.95. The van der Waals surface area contributed by atoms with E-state index < -0.39 is 0 Å². The van der Waals surface area contributed by atoms with Gasteiger partial charge in [-0.15, -0.1) is 0 Å². The molecule has 0 fully saturated rings.